The van der Waals surface area contributed by atoms with Crippen LogP contribution in [-0.2, 0) is 9.59 Å². The smallest absolute Gasteiger partial charge is 0.250 e. The van der Waals surface area contributed by atoms with Crippen LogP contribution in [0.25, 0.3) is 0 Å². The number of benzene rings is 2. The summed E-state index contributed by atoms with van der Waals surface area (Å²) in [7, 11) is 6.11. The van der Waals surface area contributed by atoms with E-state index in [1.807, 2.05) is 0 Å². The fraction of sp³-hybridized carbons (Fsp3) is 0.273. The van der Waals surface area contributed by atoms with Crippen molar-refractivity contribution in [2.24, 2.45) is 5.92 Å². The molecule has 2 aromatic carbocycles. The lowest BCUT2D eigenvalue weighted by molar-refractivity contribution is -0.137. The molecule has 0 aliphatic heterocycles. The van der Waals surface area contributed by atoms with Crippen molar-refractivity contribution in [2.75, 3.05) is 28.3 Å². The molecule has 182 valence electrons. The molecule has 0 atom stereocenters. The molecular weight excluding hydrogens is 519 g/mol. The number of rotatable bonds is 6. The van der Waals surface area contributed by atoms with E-state index in [-0.39, 0.29) is 9.98 Å². The van der Waals surface area contributed by atoms with E-state index in [1.165, 1.54) is 31.2 Å². The third-order valence-corrected chi connectivity index (χ3v) is 6.19. The van der Waals surface area contributed by atoms with E-state index in [4.69, 9.17) is 57.1 Å². The first-order valence-electron chi connectivity index (χ1n) is 9.84. The monoisotopic (exact) mass is 542 g/mol. The normalized spacial score (nSPS) is 10.4. The maximum Gasteiger partial charge on any atom is 0.250 e. The summed E-state index contributed by atoms with van der Waals surface area (Å²) in [5.74, 6) is -1.25. The number of hydrogen-bond donors (Lipinski definition) is 2. The molecule has 0 saturated carbocycles. The summed E-state index contributed by atoms with van der Waals surface area (Å²) in [6.07, 6.45) is 0. The first-order chi connectivity index (χ1) is 16.0. The van der Waals surface area contributed by atoms with Gasteiger partial charge in [-0.05, 0) is 43.3 Å². The van der Waals surface area contributed by atoms with Crippen molar-refractivity contribution < 1.29 is 19.1 Å². The fourth-order valence-corrected chi connectivity index (χ4v) is 3.56. The largest absolute Gasteiger partial charge is 0.496 e. The van der Waals surface area contributed by atoms with E-state index in [9.17, 15) is 9.59 Å². The Kier molecular flexibility index (Phi) is 9.87. The second-order valence-electron chi connectivity index (χ2n) is 7.09. The summed E-state index contributed by atoms with van der Waals surface area (Å²) in [5, 5.41) is 3.56. The van der Waals surface area contributed by atoms with E-state index in [0.717, 1.165) is 0 Å². The van der Waals surface area contributed by atoms with Crippen LogP contribution in [0.4, 0.5) is 0 Å². The number of hydrazine groups is 2. The lowest BCUT2D eigenvalue weighted by Gasteiger charge is -2.26. The molecule has 12 heteroatoms. The van der Waals surface area contributed by atoms with Gasteiger partial charge in [-0.25, -0.2) is 0 Å². The highest BCUT2D eigenvalue weighted by atomic mass is 35.5. The Labute approximate surface area is 219 Å². The standard InChI is InChI=1S/C22H24Cl2N4O4S2/c1-12(19(29)25-27(2)21(33)15-10-13(23)6-8-17(15)31-4)20(30)26-28(3)22(34)16-11-14(24)7-9-18(16)32-5/h6-12H,1-5H3,(H,25,29)(H,26,30). The van der Waals surface area contributed by atoms with E-state index in [2.05, 4.69) is 10.9 Å². The molecule has 34 heavy (non-hydrogen) atoms. The van der Waals surface area contributed by atoms with Gasteiger partial charge < -0.3 is 9.47 Å². The molecule has 2 amide bonds. The molecule has 0 aliphatic rings. The highest BCUT2D eigenvalue weighted by Crippen LogP contribution is 2.25. The van der Waals surface area contributed by atoms with E-state index in [0.29, 0.717) is 32.7 Å². The second-order valence-corrected chi connectivity index (χ2v) is 8.74. The molecule has 2 aromatic rings. The predicted molar refractivity (Wildman–Crippen MR) is 140 cm³/mol. The zero-order valence-corrected chi connectivity index (χ0v) is 22.3. The zero-order chi connectivity index (χ0) is 25.6. The third kappa shape index (κ3) is 6.69. The zero-order valence-electron chi connectivity index (χ0n) is 19.1. The Bertz CT molecular complexity index is 1030. The average molecular weight is 543 g/mol. The Morgan fingerprint density at radius 3 is 1.50 bits per heavy atom. The number of halogens is 2. The van der Waals surface area contributed by atoms with Gasteiger partial charge in [0.1, 0.15) is 27.4 Å². The lowest BCUT2D eigenvalue weighted by atomic mass is 10.1. The SMILES string of the molecule is COc1ccc(Cl)cc1C(=S)N(C)NC(=O)C(C)C(=O)NN(C)C(=S)c1cc(Cl)ccc1OC. The number of methoxy groups -OCH3 is 2. The van der Waals surface area contributed by atoms with Crippen LogP contribution in [0.3, 0.4) is 0 Å². The molecule has 2 rings (SSSR count). The fourth-order valence-electron chi connectivity index (χ4n) is 2.80. The van der Waals surface area contributed by atoms with Gasteiger partial charge in [0.2, 0.25) is 0 Å². The first-order valence-corrected chi connectivity index (χ1v) is 11.4. The number of carbonyl (C=O) groups excluding carboxylic acids is 2. The minimum absolute atomic E-state index is 0.256. The lowest BCUT2D eigenvalue weighted by Crippen LogP contribution is -2.51. The molecule has 0 bridgehead atoms. The number of thiocarbonyl (C=S) groups is 2. The van der Waals surface area contributed by atoms with Crippen molar-refractivity contribution in [2.45, 2.75) is 6.92 Å². The Morgan fingerprint density at radius 2 is 1.18 bits per heavy atom. The van der Waals surface area contributed by atoms with Gasteiger partial charge in [0, 0.05) is 24.1 Å². The summed E-state index contributed by atoms with van der Waals surface area (Å²) in [6, 6.07) is 9.92. The molecular formula is C22H24Cl2N4O4S2. The summed E-state index contributed by atoms with van der Waals surface area (Å²) in [4.78, 5) is 25.9. The van der Waals surface area contributed by atoms with Crippen LogP contribution >= 0.6 is 47.6 Å². The number of amides is 2. The quantitative estimate of drug-likeness (QED) is 0.325. The number of hydrogen-bond acceptors (Lipinski definition) is 6. The molecule has 2 N–H and O–H groups in total. The molecule has 0 aliphatic carbocycles. The van der Waals surface area contributed by atoms with Gasteiger partial charge in [0.15, 0.2) is 0 Å². The van der Waals surface area contributed by atoms with E-state index < -0.39 is 17.7 Å². The van der Waals surface area contributed by atoms with E-state index in [1.54, 1.807) is 50.5 Å². The Hall–Kier alpha value is -2.66. The molecule has 8 nitrogen and oxygen atoms in total. The maximum absolute atomic E-state index is 12.7. The van der Waals surface area contributed by atoms with Gasteiger partial charge in [-0.3, -0.25) is 30.5 Å². The summed E-state index contributed by atoms with van der Waals surface area (Å²) in [6.45, 7) is 1.46. The number of nitrogens with zero attached hydrogens (tertiary/aromatic N) is 2. The van der Waals surface area contributed by atoms with Crippen molar-refractivity contribution in [1.82, 2.24) is 20.9 Å². The van der Waals surface area contributed by atoms with Crippen LogP contribution in [0, 0.1) is 5.92 Å². The molecule has 0 spiro atoms. The predicted octanol–water partition coefficient (Wildman–Crippen LogP) is 3.62. The van der Waals surface area contributed by atoms with Crippen molar-refractivity contribution in [1.29, 1.82) is 0 Å². The molecule has 0 saturated heterocycles. The van der Waals surface area contributed by atoms with Gasteiger partial charge in [0.05, 0.1) is 25.3 Å². The number of ether oxygens (including phenoxy) is 2. The highest BCUT2D eigenvalue weighted by molar-refractivity contribution is 7.81. The number of carbonyl (C=O) groups is 2. The number of nitrogens with one attached hydrogen (secondary N) is 2. The van der Waals surface area contributed by atoms with Crippen LogP contribution in [0.1, 0.15) is 18.1 Å². The van der Waals surface area contributed by atoms with Crippen LogP contribution in [-0.4, -0.2) is 60.1 Å². The van der Waals surface area contributed by atoms with Crippen LogP contribution < -0.4 is 20.3 Å². The van der Waals surface area contributed by atoms with Gasteiger partial charge in [-0.1, -0.05) is 47.6 Å². The highest BCUT2D eigenvalue weighted by Gasteiger charge is 2.26. The van der Waals surface area contributed by atoms with Crippen molar-refractivity contribution in [3.8, 4) is 11.5 Å². The Balaban J connectivity index is 2.04. The second kappa shape index (κ2) is 12.2. The molecule has 0 heterocycles. The summed E-state index contributed by atoms with van der Waals surface area (Å²) < 4.78 is 10.6. The average Bonchev–Trinajstić information content (AvgIpc) is 2.82. The molecule has 0 unspecified atom stereocenters. The topological polar surface area (TPSA) is 83.1 Å². The van der Waals surface area contributed by atoms with Crippen LogP contribution in [0.2, 0.25) is 10.0 Å². The van der Waals surface area contributed by atoms with Crippen molar-refractivity contribution in [3.63, 3.8) is 0 Å². The summed E-state index contributed by atoms with van der Waals surface area (Å²) >= 11 is 23.0. The molecule has 0 radical (unpaired) electrons. The third-order valence-electron chi connectivity index (χ3n) is 4.74. The Morgan fingerprint density at radius 1 is 0.824 bits per heavy atom. The maximum atomic E-state index is 12.7. The van der Waals surface area contributed by atoms with Gasteiger partial charge in [-0.15, -0.1) is 0 Å². The van der Waals surface area contributed by atoms with Gasteiger partial charge >= 0.3 is 0 Å². The van der Waals surface area contributed by atoms with Crippen molar-refractivity contribution in [3.05, 3.63) is 57.6 Å². The van der Waals surface area contributed by atoms with Crippen molar-refractivity contribution >= 4 is 69.4 Å². The first kappa shape index (κ1) is 27.6. The van der Waals surface area contributed by atoms with Crippen LogP contribution in [0.15, 0.2) is 36.4 Å². The van der Waals surface area contributed by atoms with Crippen LogP contribution in [0.5, 0.6) is 11.5 Å². The van der Waals surface area contributed by atoms with E-state index >= 15 is 0 Å². The van der Waals surface area contributed by atoms with Gasteiger partial charge in [0.25, 0.3) is 11.8 Å². The molecule has 0 aromatic heterocycles. The minimum atomic E-state index is -1.07. The summed E-state index contributed by atoms with van der Waals surface area (Å²) in [5.41, 5.74) is 6.23. The molecule has 0 fully saturated rings. The minimum Gasteiger partial charge on any atom is -0.496 e. The van der Waals surface area contributed by atoms with Gasteiger partial charge in [-0.2, -0.15) is 0 Å².